The van der Waals surface area contributed by atoms with Crippen LogP contribution >= 0.6 is 0 Å². The Balaban J connectivity index is 1.10. The quantitative estimate of drug-likeness (QED) is 0.130. The number of nitrogens with one attached hydrogen (secondary N) is 1. The Hall–Kier alpha value is -9.12. The summed E-state index contributed by atoms with van der Waals surface area (Å²) in [7, 11) is 2.42. The summed E-state index contributed by atoms with van der Waals surface area (Å²) < 4.78 is 0. The molecule has 0 saturated heterocycles. The molecule has 71 heavy (non-hydrogen) atoms. The molecule has 0 spiro atoms. The molecular weight excluding hydrogens is 858 g/mol. The predicted molar refractivity (Wildman–Crippen MR) is 302 cm³/mol. The summed E-state index contributed by atoms with van der Waals surface area (Å²) in [4.78, 5) is 4.84. The average Bonchev–Trinajstić information content (AvgIpc) is 3.44. The Kier molecular flexibility index (Phi) is 11.6. The summed E-state index contributed by atoms with van der Waals surface area (Å²) >= 11 is 0. The second kappa shape index (κ2) is 19.1. The van der Waals surface area contributed by atoms with E-state index in [0.717, 1.165) is 78.7 Å². The first-order chi connectivity index (χ1) is 35.1. The summed E-state index contributed by atoms with van der Waals surface area (Å²) in [6.45, 7) is 2.23. The van der Waals surface area contributed by atoms with Crippen LogP contribution in [0.2, 0.25) is 0 Å². The van der Waals surface area contributed by atoms with Crippen LogP contribution in [0.1, 0.15) is 5.56 Å². The monoisotopic (exact) mass is 906 g/mol. The summed E-state index contributed by atoms with van der Waals surface area (Å²) in [5.74, 6) is 0. The van der Waals surface area contributed by atoms with Gasteiger partial charge in [-0.3, -0.25) is 0 Å². The minimum Gasteiger partial charge on any atom is -0.355 e. The molecule has 0 aliphatic carbocycles. The van der Waals surface area contributed by atoms with E-state index < -0.39 is 0 Å². The van der Waals surface area contributed by atoms with Gasteiger partial charge in [0, 0.05) is 51.1 Å². The number of rotatable bonds is 11. The topological polar surface area (TPSA) is 18.5 Å². The molecule has 0 atom stereocenters. The molecule has 1 radical (unpaired) electrons. The van der Waals surface area contributed by atoms with Gasteiger partial charge in [-0.1, -0.05) is 206 Å². The van der Waals surface area contributed by atoms with Crippen molar-refractivity contribution in [3.8, 4) is 55.6 Å². The maximum absolute atomic E-state index is 3.99. The highest BCUT2D eigenvalue weighted by atomic mass is 15.2. The van der Waals surface area contributed by atoms with E-state index in [2.05, 4.69) is 302 Å². The highest BCUT2D eigenvalue weighted by Gasteiger charge is 2.31. The molecule has 3 nitrogen and oxygen atoms in total. The molecule has 1 N–H and O–H groups in total. The van der Waals surface area contributed by atoms with Crippen molar-refractivity contribution in [3.05, 3.63) is 279 Å². The van der Waals surface area contributed by atoms with Gasteiger partial charge in [-0.25, -0.2) is 0 Å². The molecule has 0 amide bonds. The van der Waals surface area contributed by atoms with Crippen LogP contribution in [0.15, 0.2) is 273 Å². The second-order valence-corrected chi connectivity index (χ2v) is 18.1. The fourth-order valence-corrected chi connectivity index (χ4v) is 10.0. The SMILES string of the molecule is Cc1ccc(-c2ccccc2)cc1N1c2ccc(-c3ccccc3)cc2[B]c2c(-c3ccc(N(c4ccccc4)c4ccccc4)cc3Nc3ccc(-c4ccccc4)cc3)cc(-c3ccccc3)cc21. The van der Waals surface area contributed by atoms with E-state index in [-0.39, 0.29) is 0 Å². The lowest BCUT2D eigenvalue weighted by Gasteiger charge is -2.37. The van der Waals surface area contributed by atoms with E-state index in [9.17, 15) is 0 Å². The molecule has 11 aromatic carbocycles. The molecule has 12 rings (SSSR count). The van der Waals surface area contributed by atoms with Crippen molar-refractivity contribution in [1.29, 1.82) is 0 Å². The smallest absolute Gasteiger partial charge is 0.197 e. The lowest BCUT2D eigenvalue weighted by atomic mass is 9.57. The molecule has 0 bridgehead atoms. The maximum atomic E-state index is 3.99. The van der Waals surface area contributed by atoms with E-state index in [4.69, 9.17) is 0 Å². The largest absolute Gasteiger partial charge is 0.355 e. The number of para-hydroxylation sites is 2. The zero-order valence-corrected chi connectivity index (χ0v) is 39.5. The van der Waals surface area contributed by atoms with Gasteiger partial charge in [0.2, 0.25) is 0 Å². The predicted octanol–water partition coefficient (Wildman–Crippen LogP) is 17.0. The van der Waals surface area contributed by atoms with Crippen LogP contribution in [-0.4, -0.2) is 7.28 Å². The Morgan fingerprint density at radius 2 is 0.803 bits per heavy atom. The van der Waals surface area contributed by atoms with Gasteiger partial charge in [0.15, 0.2) is 7.28 Å². The van der Waals surface area contributed by atoms with Crippen LogP contribution in [0, 0.1) is 6.92 Å². The van der Waals surface area contributed by atoms with Crippen LogP contribution in [0.4, 0.5) is 45.5 Å². The highest BCUT2D eigenvalue weighted by Crippen LogP contribution is 2.46. The van der Waals surface area contributed by atoms with Crippen molar-refractivity contribution in [1.82, 2.24) is 0 Å². The van der Waals surface area contributed by atoms with Crippen molar-refractivity contribution in [2.45, 2.75) is 6.92 Å². The van der Waals surface area contributed by atoms with E-state index in [1.54, 1.807) is 0 Å². The Bertz CT molecular complexity index is 3580. The zero-order chi connectivity index (χ0) is 47.5. The van der Waals surface area contributed by atoms with Crippen molar-refractivity contribution in [3.63, 3.8) is 0 Å². The molecule has 0 unspecified atom stereocenters. The molecule has 0 aromatic heterocycles. The number of anilines is 8. The Morgan fingerprint density at radius 3 is 1.38 bits per heavy atom. The number of nitrogens with zero attached hydrogens (tertiary/aromatic N) is 2. The normalized spacial score (nSPS) is 11.5. The minimum absolute atomic E-state index is 0.991. The molecule has 1 aliphatic heterocycles. The maximum Gasteiger partial charge on any atom is 0.197 e. The summed E-state index contributed by atoms with van der Waals surface area (Å²) in [6, 6.07) is 98.4. The van der Waals surface area contributed by atoms with Crippen LogP contribution in [0.5, 0.6) is 0 Å². The number of aryl methyl sites for hydroxylation is 1. The molecule has 11 aromatic rings. The minimum atomic E-state index is 0.991. The first-order valence-electron chi connectivity index (χ1n) is 24.3. The molecule has 4 heteroatoms. The Morgan fingerprint density at radius 1 is 0.338 bits per heavy atom. The number of hydrogen-bond acceptors (Lipinski definition) is 3. The molecule has 0 fully saturated rings. The van der Waals surface area contributed by atoms with Gasteiger partial charge in [-0.15, -0.1) is 0 Å². The van der Waals surface area contributed by atoms with Crippen LogP contribution < -0.4 is 26.0 Å². The molecule has 0 saturated carbocycles. The third-order valence-corrected chi connectivity index (χ3v) is 13.6. The number of fused-ring (bicyclic) bond motifs is 2. The third-order valence-electron chi connectivity index (χ3n) is 13.6. The van der Waals surface area contributed by atoms with Gasteiger partial charge in [0.25, 0.3) is 0 Å². The molecule has 335 valence electrons. The van der Waals surface area contributed by atoms with Gasteiger partial charge in [-0.2, -0.15) is 0 Å². The first kappa shape index (κ1) is 43.2. The lowest BCUT2D eigenvalue weighted by molar-refractivity contribution is 1.26. The first-order valence-corrected chi connectivity index (χ1v) is 24.3. The summed E-state index contributed by atoms with van der Waals surface area (Å²) in [5.41, 5.74) is 23.6. The molecule has 1 heterocycles. The van der Waals surface area contributed by atoms with E-state index >= 15 is 0 Å². The summed E-state index contributed by atoms with van der Waals surface area (Å²) in [6.07, 6.45) is 0. The van der Waals surface area contributed by atoms with Gasteiger partial charge in [0.1, 0.15) is 0 Å². The van der Waals surface area contributed by atoms with Crippen molar-refractivity contribution in [2.24, 2.45) is 0 Å². The number of hydrogen-bond donors (Lipinski definition) is 1. The molecule has 1 aliphatic rings. The Labute approximate surface area is 417 Å². The average molecular weight is 907 g/mol. The highest BCUT2D eigenvalue weighted by molar-refractivity contribution is 6.73. The second-order valence-electron chi connectivity index (χ2n) is 18.1. The van der Waals surface area contributed by atoms with E-state index in [1.807, 2.05) is 0 Å². The van der Waals surface area contributed by atoms with Gasteiger partial charge >= 0.3 is 0 Å². The van der Waals surface area contributed by atoms with Gasteiger partial charge in [0.05, 0.1) is 0 Å². The van der Waals surface area contributed by atoms with Crippen molar-refractivity contribution >= 4 is 63.7 Å². The standard InChI is InChI=1S/C67H49BN3/c1-47-32-33-54(50-24-12-4-13-25-50)44-65(47)71-64-41-36-53(49-22-10-3-11-23-49)43-62(64)68-67-61(42-55(45-66(67)71)51-26-14-5-15-27-51)60-40-39-59(70(57-28-16-6-17-29-57)58-30-18-7-19-31-58)46-63(60)69-56-37-34-52(35-38-56)48-20-8-2-9-21-48/h2-46,69H,1H3. The molecular formula is C67H49BN3. The lowest BCUT2D eigenvalue weighted by Crippen LogP contribution is -2.41. The van der Waals surface area contributed by atoms with Gasteiger partial charge in [-0.05, 0) is 141 Å². The van der Waals surface area contributed by atoms with Gasteiger partial charge < -0.3 is 15.1 Å². The van der Waals surface area contributed by atoms with Crippen LogP contribution in [0.25, 0.3) is 55.6 Å². The van der Waals surface area contributed by atoms with Crippen molar-refractivity contribution in [2.75, 3.05) is 15.1 Å². The van der Waals surface area contributed by atoms with E-state index in [0.29, 0.717) is 0 Å². The third kappa shape index (κ3) is 8.69. The van der Waals surface area contributed by atoms with Crippen LogP contribution in [-0.2, 0) is 0 Å². The summed E-state index contributed by atoms with van der Waals surface area (Å²) in [5, 5.41) is 3.99. The fraction of sp³-hybridized carbons (Fsp3) is 0.0149. The zero-order valence-electron chi connectivity index (χ0n) is 39.5. The van der Waals surface area contributed by atoms with E-state index in [1.165, 1.54) is 38.9 Å². The van der Waals surface area contributed by atoms with Crippen LogP contribution in [0.3, 0.4) is 0 Å². The number of benzene rings is 11. The van der Waals surface area contributed by atoms with Crippen molar-refractivity contribution < 1.29 is 0 Å². The fourth-order valence-electron chi connectivity index (χ4n) is 10.0.